The number of aromatic nitrogens is 4. The molecule has 0 saturated heterocycles. The quantitative estimate of drug-likeness (QED) is 0.227. The van der Waals surface area contributed by atoms with Crippen LogP contribution in [0.3, 0.4) is 0 Å². The predicted octanol–water partition coefficient (Wildman–Crippen LogP) is 0.648. The maximum absolute atomic E-state index is 12.3. The smallest absolute Gasteiger partial charge is 0.354 e. The van der Waals surface area contributed by atoms with Gasteiger partial charge in [0.2, 0.25) is 0 Å². The molecule has 4 heterocycles. The van der Waals surface area contributed by atoms with Gasteiger partial charge in [-0.3, -0.25) is 9.69 Å². The van der Waals surface area contributed by atoms with Crippen LogP contribution in [-0.4, -0.2) is 65.0 Å². The number of aliphatic carboxylic acids is 2. The van der Waals surface area contributed by atoms with Crippen LogP contribution in [0.5, 0.6) is 0 Å². The van der Waals surface area contributed by atoms with Crippen molar-refractivity contribution in [1.29, 1.82) is 0 Å². The van der Waals surface area contributed by atoms with Crippen LogP contribution in [0, 0.1) is 0 Å². The molecule has 13 nitrogen and oxygen atoms in total. The summed E-state index contributed by atoms with van der Waals surface area (Å²) in [6.07, 6.45) is -0.755. The molecule has 0 radical (unpaired) electrons. The van der Waals surface area contributed by atoms with Crippen molar-refractivity contribution in [3.63, 3.8) is 0 Å². The summed E-state index contributed by atoms with van der Waals surface area (Å²) in [5, 5.41) is 41.7. The highest BCUT2D eigenvalue weighted by atomic mass is 16.4. The van der Waals surface area contributed by atoms with E-state index < -0.39 is 36.3 Å². The third-order valence-corrected chi connectivity index (χ3v) is 6.14. The van der Waals surface area contributed by atoms with Crippen LogP contribution >= 0.6 is 0 Å². The molecule has 13 heteroatoms. The maximum Gasteiger partial charge on any atom is 0.354 e. The summed E-state index contributed by atoms with van der Waals surface area (Å²) in [5.41, 5.74) is 1.63. The van der Waals surface area contributed by atoms with Gasteiger partial charge in [-0.2, -0.15) is 0 Å². The number of nitrogens with zero attached hydrogens (tertiary/aromatic N) is 5. The van der Waals surface area contributed by atoms with Crippen LogP contribution in [0.25, 0.3) is 22.8 Å². The molecule has 0 unspecified atom stereocenters. The van der Waals surface area contributed by atoms with E-state index >= 15 is 0 Å². The molecule has 0 bridgehead atoms. The third kappa shape index (κ3) is 7.55. The molecule has 214 valence electrons. The topological polar surface area (TPSA) is 210 Å². The molecular weight excluding hydrogens is 546 g/mol. The number of carbonyl (C=O) groups is 4. The van der Waals surface area contributed by atoms with Crippen LogP contribution in [0.15, 0.2) is 72.8 Å². The van der Waals surface area contributed by atoms with Gasteiger partial charge in [-0.15, -0.1) is 0 Å². The zero-order valence-electron chi connectivity index (χ0n) is 21.9. The first-order valence-electron chi connectivity index (χ1n) is 12.6. The molecule has 0 fully saturated rings. The number of pyridine rings is 4. The van der Waals surface area contributed by atoms with Crippen molar-refractivity contribution in [3.05, 3.63) is 95.6 Å². The summed E-state index contributed by atoms with van der Waals surface area (Å²) < 4.78 is 0. The van der Waals surface area contributed by atoms with Gasteiger partial charge in [0.1, 0.15) is 11.7 Å². The van der Waals surface area contributed by atoms with E-state index in [0.29, 0.717) is 28.5 Å². The molecular formula is C29H23N5O8-2. The summed E-state index contributed by atoms with van der Waals surface area (Å²) in [5.74, 6) is -5.31. The fraction of sp³-hybridized carbons (Fsp3) is 0.172. The van der Waals surface area contributed by atoms with Crippen LogP contribution in [0.1, 0.15) is 45.2 Å². The Labute approximate surface area is 238 Å². The number of carboxylic acid groups (broad SMARTS) is 4. The van der Waals surface area contributed by atoms with Crippen molar-refractivity contribution >= 4 is 23.9 Å². The Morgan fingerprint density at radius 1 is 0.667 bits per heavy atom. The van der Waals surface area contributed by atoms with E-state index in [1.807, 2.05) is 0 Å². The molecule has 0 aliphatic rings. The molecule has 4 aromatic heterocycles. The average molecular weight is 570 g/mol. The number of carbonyl (C=O) groups excluding carboxylic acids is 2. The first-order valence-corrected chi connectivity index (χ1v) is 12.6. The van der Waals surface area contributed by atoms with E-state index in [0.717, 1.165) is 0 Å². The maximum atomic E-state index is 12.3. The van der Waals surface area contributed by atoms with Crippen molar-refractivity contribution in [2.24, 2.45) is 0 Å². The van der Waals surface area contributed by atoms with Crippen LogP contribution < -0.4 is 10.2 Å². The Balaban J connectivity index is 1.67. The fourth-order valence-corrected chi connectivity index (χ4v) is 4.22. The van der Waals surface area contributed by atoms with E-state index in [-0.39, 0.29) is 36.6 Å². The van der Waals surface area contributed by atoms with Crippen molar-refractivity contribution < 1.29 is 39.6 Å². The van der Waals surface area contributed by atoms with Crippen LogP contribution in [0.2, 0.25) is 0 Å². The Morgan fingerprint density at radius 3 is 1.57 bits per heavy atom. The summed E-state index contributed by atoms with van der Waals surface area (Å²) in [7, 11) is 0. The van der Waals surface area contributed by atoms with Gasteiger partial charge in [0.15, 0.2) is 0 Å². The van der Waals surface area contributed by atoms with Gasteiger partial charge in [0, 0.05) is 19.1 Å². The normalized spacial score (nSPS) is 11.6. The van der Waals surface area contributed by atoms with Gasteiger partial charge in [-0.05, 0) is 61.4 Å². The van der Waals surface area contributed by atoms with Gasteiger partial charge < -0.3 is 30.0 Å². The molecule has 0 spiro atoms. The minimum atomic E-state index is -1.45. The largest absolute Gasteiger partial charge is 0.550 e. The van der Waals surface area contributed by atoms with Crippen LogP contribution in [0.4, 0.5) is 0 Å². The molecule has 42 heavy (non-hydrogen) atoms. The number of hydrogen-bond acceptors (Lipinski definition) is 11. The first-order chi connectivity index (χ1) is 20.1. The molecule has 0 aromatic carbocycles. The third-order valence-electron chi connectivity index (χ3n) is 6.14. The summed E-state index contributed by atoms with van der Waals surface area (Å²) in [6.45, 7) is -0.0858. The molecule has 0 aliphatic carbocycles. The number of carboxylic acids is 4. The fourth-order valence-electron chi connectivity index (χ4n) is 4.22. The molecule has 2 N–H and O–H groups in total. The molecule has 0 amide bonds. The Bertz CT molecular complexity index is 1540. The minimum Gasteiger partial charge on any atom is -0.550 e. The predicted molar refractivity (Wildman–Crippen MR) is 141 cm³/mol. The lowest BCUT2D eigenvalue weighted by Gasteiger charge is -2.28. The first kappa shape index (κ1) is 29.4. The second-order valence-corrected chi connectivity index (χ2v) is 9.11. The van der Waals surface area contributed by atoms with Crippen molar-refractivity contribution in [2.75, 3.05) is 0 Å². The summed E-state index contributed by atoms with van der Waals surface area (Å²) >= 11 is 0. The van der Waals surface area contributed by atoms with Gasteiger partial charge in [0.05, 0.1) is 45.8 Å². The minimum absolute atomic E-state index is 0.0409. The number of aromatic carboxylic acids is 2. The molecule has 4 rings (SSSR count). The van der Waals surface area contributed by atoms with Crippen molar-refractivity contribution in [3.8, 4) is 22.8 Å². The van der Waals surface area contributed by atoms with Gasteiger partial charge in [-0.1, -0.05) is 24.3 Å². The van der Waals surface area contributed by atoms with Crippen molar-refractivity contribution in [1.82, 2.24) is 24.8 Å². The van der Waals surface area contributed by atoms with Gasteiger partial charge in [-0.25, -0.2) is 24.7 Å². The lowest BCUT2D eigenvalue weighted by molar-refractivity contribution is -0.306. The zero-order valence-corrected chi connectivity index (χ0v) is 21.9. The highest BCUT2D eigenvalue weighted by Gasteiger charge is 2.27. The summed E-state index contributed by atoms with van der Waals surface area (Å²) in [4.78, 5) is 64.7. The molecule has 0 saturated carbocycles. The molecule has 1 atom stereocenters. The Kier molecular flexibility index (Phi) is 9.24. The van der Waals surface area contributed by atoms with Gasteiger partial charge >= 0.3 is 11.9 Å². The Morgan fingerprint density at radius 2 is 1.12 bits per heavy atom. The van der Waals surface area contributed by atoms with Crippen molar-refractivity contribution in [2.45, 2.75) is 32.0 Å². The number of hydrogen-bond donors (Lipinski definition) is 2. The van der Waals surface area contributed by atoms with E-state index in [2.05, 4.69) is 19.9 Å². The van der Waals surface area contributed by atoms with E-state index in [1.165, 1.54) is 29.2 Å². The second-order valence-electron chi connectivity index (χ2n) is 9.11. The lowest BCUT2D eigenvalue weighted by atomic mass is 10.1. The van der Waals surface area contributed by atoms with Gasteiger partial charge in [0.25, 0.3) is 0 Å². The molecule has 4 aromatic rings. The zero-order chi connectivity index (χ0) is 30.2. The average Bonchev–Trinajstić information content (AvgIpc) is 2.97. The van der Waals surface area contributed by atoms with E-state index in [1.54, 1.807) is 48.5 Å². The lowest BCUT2D eigenvalue weighted by Crippen LogP contribution is -2.41. The second kappa shape index (κ2) is 13.2. The Hall–Kier alpha value is -5.56. The van der Waals surface area contributed by atoms with E-state index in [9.17, 15) is 39.6 Å². The van der Waals surface area contributed by atoms with E-state index in [4.69, 9.17) is 0 Å². The molecule has 0 aliphatic heterocycles. The highest BCUT2D eigenvalue weighted by molar-refractivity contribution is 5.86. The standard InChI is InChI=1S/C29H25N5O8/c35-26(36)14-13-25(29(41)42)34(15-17-5-1-7-19(30-17)21-9-3-11-23(32-21)27(37)38)16-18-6-2-8-20(31-18)22-10-4-12-24(33-22)28(39)40/h1-12,25H,13-16H2,(H,35,36)(H,37,38)(H,39,40)(H,41,42)/p-2/t25-/m0/s1. The monoisotopic (exact) mass is 569 g/mol. The highest BCUT2D eigenvalue weighted by Crippen LogP contribution is 2.21. The SMILES string of the molecule is O=C([O-])CC[C@@H](C(=O)O)N(Cc1cccc(-c2cccc(C(=O)[O-])n2)n1)Cc1cccc(-c2cccc(C(=O)O)n2)n1. The number of rotatable bonds is 13. The summed E-state index contributed by atoms with van der Waals surface area (Å²) in [6, 6.07) is 17.4. The van der Waals surface area contributed by atoms with Crippen LogP contribution in [-0.2, 0) is 22.7 Å².